The number of carbonyl (C=O) groups is 1. The van der Waals surface area contributed by atoms with E-state index in [-0.39, 0.29) is 61.5 Å². The highest BCUT2D eigenvalue weighted by molar-refractivity contribution is 5.85. The molecule has 0 saturated carbocycles. The van der Waals surface area contributed by atoms with Gasteiger partial charge in [0.1, 0.15) is 18.2 Å². The second-order valence-corrected chi connectivity index (χ2v) is 6.93. The minimum absolute atomic E-state index is 0. The molecular formula is C21H24ClF3N2O3. The van der Waals surface area contributed by atoms with Crippen molar-refractivity contribution in [3.63, 3.8) is 0 Å². The van der Waals surface area contributed by atoms with Crippen LogP contribution in [-0.4, -0.2) is 43.7 Å². The Morgan fingerprint density at radius 1 is 1.20 bits per heavy atom. The molecule has 1 saturated heterocycles. The number of amides is 1. The highest BCUT2D eigenvalue weighted by Crippen LogP contribution is 2.23. The van der Waals surface area contributed by atoms with Crippen LogP contribution >= 0.6 is 12.4 Å². The van der Waals surface area contributed by atoms with E-state index in [1.165, 1.54) is 36.3 Å². The monoisotopic (exact) mass is 444 g/mol. The number of rotatable bonds is 7. The zero-order valence-electron chi connectivity index (χ0n) is 16.7. The molecule has 1 heterocycles. The van der Waals surface area contributed by atoms with Gasteiger partial charge in [-0.25, -0.2) is 13.2 Å². The first-order valence-electron chi connectivity index (χ1n) is 9.28. The molecule has 1 fully saturated rings. The Morgan fingerprint density at radius 3 is 2.57 bits per heavy atom. The minimum Gasteiger partial charge on any atom is -0.494 e. The van der Waals surface area contributed by atoms with Gasteiger partial charge in [0.15, 0.2) is 11.6 Å². The third-order valence-corrected chi connectivity index (χ3v) is 4.96. The molecule has 0 bridgehead atoms. The van der Waals surface area contributed by atoms with Gasteiger partial charge in [-0.2, -0.15) is 0 Å². The van der Waals surface area contributed by atoms with E-state index in [4.69, 9.17) is 9.47 Å². The van der Waals surface area contributed by atoms with Crippen molar-refractivity contribution in [2.75, 3.05) is 26.8 Å². The fourth-order valence-corrected chi connectivity index (χ4v) is 3.20. The van der Waals surface area contributed by atoms with Gasteiger partial charge in [-0.05, 0) is 36.8 Å². The first-order valence-corrected chi connectivity index (χ1v) is 9.28. The summed E-state index contributed by atoms with van der Waals surface area (Å²) in [6, 6.07) is 8.12. The summed E-state index contributed by atoms with van der Waals surface area (Å²) in [4.78, 5) is 13.5. The number of nitrogens with zero attached hydrogens (tertiary/aromatic N) is 1. The fraction of sp³-hybridized carbons (Fsp3) is 0.381. The maximum Gasteiger partial charge on any atom is 0.248 e. The lowest BCUT2D eigenvalue weighted by molar-refractivity contribution is -0.149. The topological polar surface area (TPSA) is 50.8 Å². The number of methoxy groups -OCH3 is 1. The molecular weight excluding hydrogens is 421 g/mol. The van der Waals surface area contributed by atoms with E-state index in [1.54, 1.807) is 12.1 Å². The second kappa shape index (κ2) is 10.7. The minimum atomic E-state index is -0.683. The van der Waals surface area contributed by atoms with Crippen molar-refractivity contribution >= 4 is 18.3 Å². The van der Waals surface area contributed by atoms with Gasteiger partial charge in [0.2, 0.25) is 5.91 Å². The Hall–Kier alpha value is -2.29. The zero-order chi connectivity index (χ0) is 21.0. The molecule has 1 amide bonds. The molecule has 0 radical (unpaired) electrons. The molecule has 0 spiro atoms. The van der Waals surface area contributed by atoms with E-state index >= 15 is 0 Å². The lowest BCUT2D eigenvalue weighted by Crippen LogP contribution is -2.49. The Kier molecular flexibility index (Phi) is 8.52. The fourth-order valence-electron chi connectivity index (χ4n) is 3.20. The van der Waals surface area contributed by atoms with Crippen molar-refractivity contribution < 1.29 is 27.4 Å². The van der Waals surface area contributed by atoms with E-state index in [9.17, 15) is 18.0 Å². The predicted octanol–water partition coefficient (Wildman–Crippen LogP) is 3.61. The van der Waals surface area contributed by atoms with Crippen molar-refractivity contribution in [1.82, 2.24) is 10.2 Å². The Balaban J connectivity index is 0.00000320. The number of ether oxygens (including phenoxy) is 2. The van der Waals surface area contributed by atoms with E-state index in [2.05, 4.69) is 5.32 Å². The van der Waals surface area contributed by atoms with Crippen LogP contribution in [0.3, 0.4) is 0 Å². The maximum atomic E-state index is 13.9. The molecule has 5 nitrogen and oxygen atoms in total. The summed E-state index contributed by atoms with van der Waals surface area (Å²) in [6.45, 7) is 2.22. The molecule has 30 heavy (non-hydrogen) atoms. The quantitative estimate of drug-likeness (QED) is 0.708. The molecule has 2 atom stereocenters. The summed E-state index contributed by atoms with van der Waals surface area (Å²) in [5.74, 6) is -1.96. The van der Waals surface area contributed by atoms with Crippen LogP contribution in [0.2, 0.25) is 0 Å². The summed E-state index contributed by atoms with van der Waals surface area (Å²) in [6.07, 6.45) is -0.340. The number of carbonyl (C=O) groups excluding carboxylic acids is 1. The SMILES string of the molecule is COc1cc([C@@H](C)NCC2CN(Cc3c(F)cccc3F)C(=O)CO2)ccc1F.Cl. The van der Waals surface area contributed by atoms with Gasteiger partial charge in [-0.1, -0.05) is 12.1 Å². The van der Waals surface area contributed by atoms with Crippen LogP contribution in [0.15, 0.2) is 36.4 Å². The van der Waals surface area contributed by atoms with Crippen LogP contribution in [0, 0.1) is 17.5 Å². The number of benzene rings is 2. The van der Waals surface area contributed by atoms with Crippen LogP contribution in [0.25, 0.3) is 0 Å². The van der Waals surface area contributed by atoms with Crippen molar-refractivity contribution in [3.8, 4) is 5.75 Å². The first kappa shape index (κ1) is 24.0. The molecule has 0 aromatic heterocycles. The Bertz CT molecular complexity index is 864. The normalized spacial score (nSPS) is 17.4. The molecule has 9 heteroatoms. The van der Waals surface area contributed by atoms with E-state index in [0.717, 1.165) is 5.56 Å². The molecule has 3 rings (SSSR count). The third kappa shape index (κ3) is 5.65. The van der Waals surface area contributed by atoms with E-state index in [1.807, 2.05) is 6.92 Å². The van der Waals surface area contributed by atoms with Gasteiger partial charge in [-0.15, -0.1) is 12.4 Å². The van der Waals surface area contributed by atoms with Crippen LogP contribution in [0.1, 0.15) is 24.1 Å². The van der Waals surface area contributed by atoms with E-state index < -0.39 is 17.5 Å². The molecule has 1 aliphatic heterocycles. The van der Waals surface area contributed by atoms with Crippen molar-refractivity contribution in [1.29, 1.82) is 0 Å². The molecule has 0 aliphatic carbocycles. The summed E-state index contributed by atoms with van der Waals surface area (Å²) in [5, 5.41) is 3.27. The van der Waals surface area contributed by atoms with Gasteiger partial charge < -0.3 is 19.7 Å². The summed E-state index contributed by atoms with van der Waals surface area (Å²) < 4.78 is 51.9. The Morgan fingerprint density at radius 2 is 1.90 bits per heavy atom. The highest BCUT2D eigenvalue weighted by atomic mass is 35.5. The summed E-state index contributed by atoms with van der Waals surface area (Å²) in [7, 11) is 1.40. The lowest BCUT2D eigenvalue weighted by Gasteiger charge is -2.33. The van der Waals surface area contributed by atoms with Gasteiger partial charge in [-0.3, -0.25) is 4.79 Å². The van der Waals surface area contributed by atoms with Crippen LogP contribution in [-0.2, 0) is 16.1 Å². The Labute approximate surface area is 179 Å². The number of halogens is 4. The third-order valence-electron chi connectivity index (χ3n) is 4.96. The number of hydrogen-bond acceptors (Lipinski definition) is 4. The second-order valence-electron chi connectivity index (χ2n) is 6.93. The van der Waals surface area contributed by atoms with Crippen LogP contribution < -0.4 is 10.1 Å². The largest absolute Gasteiger partial charge is 0.494 e. The van der Waals surface area contributed by atoms with Crippen molar-refractivity contribution in [2.24, 2.45) is 0 Å². The van der Waals surface area contributed by atoms with Crippen LogP contribution in [0.5, 0.6) is 5.75 Å². The summed E-state index contributed by atoms with van der Waals surface area (Å²) in [5.41, 5.74) is 0.696. The molecule has 2 aromatic carbocycles. The lowest BCUT2D eigenvalue weighted by atomic mass is 10.1. The molecule has 1 aliphatic rings. The number of nitrogens with one attached hydrogen (secondary N) is 1. The van der Waals surface area contributed by atoms with Crippen LogP contribution in [0.4, 0.5) is 13.2 Å². The smallest absolute Gasteiger partial charge is 0.248 e. The highest BCUT2D eigenvalue weighted by Gasteiger charge is 2.28. The summed E-state index contributed by atoms with van der Waals surface area (Å²) >= 11 is 0. The number of hydrogen-bond donors (Lipinski definition) is 1. The average Bonchev–Trinajstić information content (AvgIpc) is 2.71. The van der Waals surface area contributed by atoms with Crippen molar-refractivity contribution in [3.05, 3.63) is 65.0 Å². The first-order chi connectivity index (χ1) is 13.9. The average molecular weight is 445 g/mol. The molecule has 1 N–H and O–H groups in total. The van der Waals surface area contributed by atoms with Gasteiger partial charge in [0.05, 0.1) is 19.8 Å². The standard InChI is InChI=1S/C21H23F3N2O3.ClH/c1-13(14-6-7-19(24)20(8-14)28-2)25-9-15-10-26(21(27)12-29-15)11-16-17(22)4-3-5-18(16)23;/h3-8,13,15,25H,9-12H2,1-2H3;1H/t13-,15?;/m1./s1. The van der Waals surface area contributed by atoms with Gasteiger partial charge >= 0.3 is 0 Å². The number of morpholine rings is 1. The molecule has 164 valence electrons. The molecule has 2 aromatic rings. The maximum absolute atomic E-state index is 13.9. The van der Waals surface area contributed by atoms with Gasteiger partial charge in [0.25, 0.3) is 0 Å². The van der Waals surface area contributed by atoms with Crippen molar-refractivity contribution in [2.45, 2.75) is 25.6 Å². The zero-order valence-corrected chi connectivity index (χ0v) is 17.5. The molecule has 1 unspecified atom stereocenters. The predicted molar refractivity (Wildman–Crippen MR) is 108 cm³/mol. The van der Waals surface area contributed by atoms with E-state index in [0.29, 0.717) is 6.54 Å². The van der Waals surface area contributed by atoms with Gasteiger partial charge in [0, 0.05) is 24.7 Å².